The highest BCUT2D eigenvalue weighted by Gasteiger charge is 2.17. The summed E-state index contributed by atoms with van der Waals surface area (Å²) < 4.78 is 25.3. The molecule has 0 aliphatic rings. The van der Waals surface area contributed by atoms with Gasteiger partial charge < -0.3 is 5.32 Å². The van der Waals surface area contributed by atoms with Crippen LogP contribution in [0.1, 0.15) is 19.5 Å². The van der Waals surface area contributed by atoms with E-state index in [0.717, 1.165) is 5.69 Å². The molecule has 1 heterocycles. The number of aryl methyl sites for hydroxylation is 1. The van der Waals surface area contributed by atoms with Gasteiger partial charge in [-0.05, 0) is 6.92 Å². The molecule has 1 rings (SSSR count). The van der Waals surface area contributed by atoms with E-state index in [9.17, 15) is 8.42 Å². The number of hydrogen-bond acceptors (Lipinski definition) is 5. The fraction of sp³-hybridized carbons (Fsp3) is 0.636. The first-order chi connectivity index (χ1) is 8.49. The Hall–Kier alpha value is -1.21. The lowest BCUT2D eigenvalue weighted by molar-refractivity contribution is 0.446. The molecule has 1 aromatic heterocycles. The van der Waals surface area contributed by atoms with Crippen molar-refractivity contribution in [3.8, 4) is 0 Å². The summed E-state index contributed by atoms with van der Waals surface area (Å²) in [5.74, 6) is 0.661. The standard InChI is InChI=1S/C11H20N4O2S/c1-4-15(5-2)18(16,17)7-6-13-11-9-12-8-10(3)14-11/h8-9H,4-7H2,1-3H3,(H,13,14). The minimum Gasteiger partial charge on any atom is -0.368 e. The van der Waals surface area contributed by atoms with Gasteiger partial charge in [-0.15, -0.1) is 0 Å². The van der Waals surface area contributed by atoms with Gasteiger partial charge in [0.2, 0.25) is 10.0 Å². The van der Waals surface area contributed by atoms with Gasteiger partial charge in [0.15, 0.2) is 0 Å². The van der Waals surface area contributed by atoms with E-state index in [1.165, 1.54) is 4.31 Å². The van der Waals surface area contributed by atoms with E-state index in [-0.39, 0.29) is 5.75 Å². The van der Waals surface area contributed by atoms with E-state index in [0.29, 0.717) is 25.5 Å². The van der Waals surface area contributed by atoms with Crippen molar-refractivity contribution >= 4 is 15.8 Å². The Kier molecular flexibility index (Phi) is 5.49. The van der Waals surface area contributed by atoms with Crippen molar-refractivity contribution in [1.29, 1.82) is 0 Å². The number of sulfonamides is 1. The molecule has 0 aliphatic heterocycles. The van der Waals surface area contributed by atoms with Crippen LogP contribution in [0.5, 0.6) is 0 Å². The van der Waals surface area contributed by atoms with Crippen molar-refractivity contribution in [3.05, 3.63) is 18.1 Å². The van der Waals surface area contributed by atoms with Crippen molar-refractivity contribution in [1.82, 2.24) is 14.3 Å². The van der Waals surface area contributed by atoms with E-state index >= 15 is 0 Å². The maximum Gasteiger partial charge on any atom is 0.215 e. The molecule has 0 bridgehead atoms. The predicted octanol–water partition coefficient (Wildman–Crippen LogP) is 0.869. The lowest BCUT2D eigenvalue weighted by Crippen LogP contribution is -2.34. The Bertz CT molecular complexity index is 472. The lowest BCUT2D eigenvalue weighted by Gasteiger charge is -2.18. The predicted molar refractivity (Wildman–Crippen MR) is 72.0 cm³/mol. The number of nitrogens with zero attached hydrogens (tertiary/aromatic N) is 3. The fourth-order valence-corrected chi connectivity index (χ4v) is 3.01. The summed E-state index contributed by atoms with van der Waals surface area (Å²) >= 11 is 0. The van der Waals surface area contributed by atoms with Crippen molar-refractivity contribution in [2.45, 2.75) is 20.8 Å². The summed E-state index contributed by atoms with van der Waals surface area (Å²) in [6, 6.07) is 0. The highest BCUT2D eigenvalue weighted by atomic mass is 32.2. The molecule has 1 aromatic rings. The summed E-state index contributed by atoms with van der Waals surface area (Å²) in [6.45, 7) is 6.84. The fourth-order valence-electron chi connectivity index (χ4n) is 1.60. The molecule has 0 aliphatic carbocycles. The number of hydrogen-bond donors (Lipinski definition) is 1. The van der Waals surface area contributed by atoms with Gasteiger partial charge in [-0.3, -0.25) is 4.98 Å². The zero-order valence-corrected chi connectivity index (χ0v) is 11.9. The third-order valence-electron chi connectivity index (χ3n) is 2.52. The summed E-state index contributed by atoms with van der Waals surface area (Å²) in [5, 5.41) is 2.97. The third-order valence-corrected chi connectivity index (χ3v) is 4.54. The molecule has 18 heavy (non-hydrogen) atoms. The Morgan fingerprint density at radius 2 is 1.94 bits per heavy atom. The van der Waals surface area contributed by atoms with Gasteiger partial charge in [-0.1, -0.05) is 13.8 Å². The number of nitrogens with one attached hydrogen (secondary N) is 1. The maximum atomic E-state index is 11.9. The molecule has 0 fully saturated rings. The van der Waals surface area contributed by atoms with E-state index in [4.69, 9.17) is 0 Å². The smallest absolute Gasteiger partial charge is 0.215 e. The largest absolute Gasteiger partial charge is 0.368 e. The molecule has 0 spiro atoms. The quantitative estimate of drug-likeness (QED) is 0.797. The molecule has 102 valence electrons. The summed E-state index contributed by atoms with van der Waals surface area (Å²) in [7, 11) is -3.18. The zero-order valence-electron chi connectivity index (χ0n) is 11.0. The van der Waals surface area contributed by atoms with E-state index in [2.05, 4.69) is 15.3 Å². The van der Waals surface area contributed by atoms with Crippen LogP contribution in [0.4, 0.5) is 5.82 Å². The monoisotopic (exact) mass is 272 g/mol. The molecule has 0 saturated heterocycles. The highest BCUT2D eigenvalue weighted by Crippen LogP contribution is 2.03. The van der Waals surface area contributed by atoms with Crippen LogP contribution >= 0.6 is 0 Å². The average Bonchev–Trinajstić information content (AvgIpc) is 2.30. The van der Waals surface area contributed by atoms with E-state index < -0.39 is 10.0 Å². The second-order valence-corrected chi connectivity index (χ2v) is 5.96. The van der Waals surface area contributed by atoms with Crippen molar-refractivity contribution < 1.29 is 8.42 Å². The summed E-state index contributed by atoms with van der Waals surface area (Å²) in [4.78, 5) is 8.18. The van der Waals surface area contributed by atoms with Crippen LogP contribution in [0, 0.1) is 6.92 Å². The second-order valence-electron chi connectivity index (χ2n) is 3.87. The SMILES string of the molecule is CCN(CC)S(=O)(=O)CCNc1cncc(C)n1. The van der Waals surface area contributed by atoms with E-state index in [1.54, 1.807) is 12.4 Å². The van der Waals surface area contributed by atoms with Gasteiger partial charge in [-0.25, -0.2) is 17.7 Å². The normalized spacial score (nSPS) is 11.8. The van der Waals surface area contributed by atoms with Crippen LogP contribution in [0.25, 0.3) is 0 Å². The van der Waals surface area contributed by atoms with E-state index in [1.807, 2.05) is 20.8 Å². The molecule has 1 N–H and O–H groups in total. The molecule has 0 atom stereocenters. The van der Waals surface area contributed by atoms with Crippen molar-refractivity contribution in [2.75, 3.05) is 30.7 Å². The zero-order chi connectivity index (χ0) is 13.6. The molecule has 6 nitrogen and oxygen atoms in total. The van der Waals surface area contributed by atoms with Gasteiger partial charge in [-0.2, -0.15) is 0 Å². The molecular formula is C11H20N4O2S. The maximum absolute atomic E-state index is 11.9. The van der Waals surface area contributed by atoms with Crippen molar-refractivity contribution in [3.63, 3.8) is 0 Å². The van der Waals surface area contributed by atoms with Gasteiger partial charge in [0, 0.05) is 25.8 Å². The Balaban J connectivity index is 2.51. The molecule has 7 heteroatoms. The van der Waals surface area contributed by atoms with Gasteiger partial charge in [0.1, 0.15) is 5.82 Å². The number of anilines is 1. The van der Waals surface area contributed by atoms with Crippen LogP contribution < -0.4 is 5.32 Å². The average molecular weight is 272 g/mol. The molecule has 0 aromatic carbocycles. The van der Waals surface area contributed by atoms with Crippen LogP contribution in [0.3, 0.4) is 0 Å². The minimum absolute atomic E-state index is 0.0598. The third kappa shape index (κ3) is 4.23. The van der Waals surface area contributed by atoms with Gasteiger partial charge >= 0.3 is 0 Å². The first-order valence-corrected chi connectivity index (χ1v) is 7.60. The molecule has 0 radical (unpaired) electrons. The van der Waals surface area contributed by atoms with Gasteiger partial charge in [0.25, 0.3) is 0 Å². The van der Waals surface area contributed by atoms with Gasteiger partial charge in [0.05, 0.1) is 17.6 Å². The van der Waals surface area contributed by atoms with Crippen LogP contribution in [-0.2, 0) is 10.0 Å². The number of rotatable bonds is 7. The van der Waals surface area contributed by atoms with Crippen LogP contribution in [-0.4, -0.2) is 48.1 Å². The second kappa shape index (κ2) is 6.65. The molecular weight excluding hydrogens is 252 g/mol. The first kappa shape index (κ1) is 14.8. The highest BCUT2D eigenvalue weighted by molar-refractivity contribution is 7.89. The van der Waals surface area contributed by atoms with Crippen molar-refractivity contribution in [2.24, 2.45) is 0 Å². The molecule has 0 unspecified atom stereocenters. The Morgan fingerprint density at radius 1 is 1.28 bits per heavy atom. The molecule has 0 saturated carbocycles. The molecule has 0 amide bonds. The Morgan fingerprint density at radius 3 is 2.50 bits per heavy atom. The van der Waals surface area contributed by atoms with Crippen LogP contribution in [0.2, 0.25) is 0 Å². The lowest BCUT2D eigenvalue weighted by atomic mass is 10.5. The van der Waals surface area contributed by atoms with Crippen LogP contribution in [0.15, 0.2) is 12.4 Å². The Labute approximate surface area is 108 Å². The topological polar surface area (TPSA) is 75.2 Å². The first-order valence-electron chi connectivity index (χ1n) is 6.00. The number of aromatic nitrogens is 2. The minimum atomic E-state index is -3.18. The summed E-state index contributed by atoms with van der Waals surface area (Å²) in [5.41, 5.74) is 0.798. The summed E-state index contributed by atoms with van der Waals surface area (Å²) in [6.07, 6.45) is 3.23.